The van der Waals surface area contributed by atoms with E-state index in [1.807, 2.05) is 0 Å². The number of para-hydroxylation sites is 2. The second kappa shape index (κ2) is 5.42. The van der Waals surface area contributed by atoms with E-state index < -0.39 is 10.0 Å². The number of anilines is 2. The van der Waals surface area contributed by atoms with Crippen molar-refractivity contribution in [3.63, 3.8) is 0 Å². The lowest BCUT2D eigenvalue weighted by Crippen LogP contribution is -2.27. The highest BCUT2D eigenvalue weighted by atomic mass is 32.2. The van der Waals surface area contributed by atoms with Gasteiger partial charge in [0.15, 0.2) is 0 Å². The van der Waals surface area contributed by atoms with Crippen molar-refractivity contribution in [2.75, 3.05) is 24.2 Å². The lowest BCUT2D eigenvalue weighted by molar-refractivity contribution is 0.416. The molecule has 0 unspecified atom stereocenters. The van der Waals surface area contributed by atoms with E-state index in [-0.39, 0.29) is 4.90 Å². The first kappa shape index (κ1) is 14.2. The molecule has 0 aliphatic rings. The van der Waals surface area contributed by atoms with Crippen LogP contribution in [0.3, 0.4) is 0 Å². The lowest BCUT2D eigenvalue weighted by Gasteiger charge is -2.21. The van der Waals surface area contributed by atoms with Crippen LogP contribution in [0.15, 0.2) is 53.4 Å². The van der Waals surface area contributed by atoms with Gasteiger partial charge in [0.1, 0.15) is 5.75 Å². The second-order valence-corrected chi connectivity index (χ2v) is 6.19. The van der Waals surface area contributed by atoms with Gasteiger partial charge in [-0.1, -0.05) is 18.2 Å². The third-order valence-electron chi connectivity index (χ3n) is 2.94. The van der Waals surface area contributed by atoms with Crippen LogP contribution in [0.5, 0.6) is 5.75 Å². The zero-order chi connectivity index (χ0) is 14.8. The van der Waals surface area contributed by atoms with Crippen molar-refractivity contribution >= 4 is 21.4 Å². The van der Waals surface area contributed by atoms with E-state index in [0.29, 0.717) is 17.1 Å². The highest BCUT2D eigenvalue weighted by molar-refractivity contribution is 7.92. The summed E-state index contributed by atoms with van der Waals surface area (Å²) in [4.78, 5) is 0.144. The molecule has 20 heavy (non-hydrogen) atoms. The summed E-state index contributed by atoms with van der Waals surface area (Å²) >= 11 is 0. The molecule has 0 fully saturated rings. The number of sulfonamides is 1. The van der Waals surface area contributed by atoms with Crippen molar-refractivity contribution in [2.45, 2.75) is 4.90 Å². The molecule has 5 nitrogen and oxygen atoms in total. The predicted molar refractivity (Wildman–Crippen MR) is 79.4 cm³/mol. The molecule has 2 N–H and O–H groups in total. The van der Waals surface area contributed by atoms with Crippen LogP contribution in [0.25, 0.3) is 0 Å². The average Bonchev–Trinajstić information content (AvgIpc) is 2.46. The molecule has 0 spiro atoms. The van der Waals surface area contributed by atoms with E-state index in [1.54, 1.807) is 36.4 Å². The molecule has 2 aromatic rings. The summed E-state index contributed by atoms with van der Waals surface area (Å²) in [5.74, 6) is 0.488. The minimum absolute atomic E-state index is 0.144. The number of hydrogen-bond donors (Lipinski definition) is 1. The van der Waals surface area contributed by atoms with E-state index in [1.165, 1.54) is 30.6 Å². The Labute approximate surface area is 118 Å². The van der Waals surface area contributed by atoms with Crippen LogP contribution in [0, 0.1) is 0 Å². The quantitative estimate of drug-likeness (QED) is 0.876. The Morgan fingerprint density at radius 1 is 1.10 bits per heavy atom. The highest BCUT2D eigenvalue weighted by Crippen LogP contribution is 2.31. The van der Waals surface area contributed by atoms with Crippen LogP contribution < -0.4 is 14.8 Å². The molecule has 0 amide bonds. The van der Waals surface area contributed by atoms with E-state index in [9.17, 15) is 8.42 Å². The van der Waals surface area contributed by atoms with E-state index in [0.717, 1.165) is 0 Å². The molecule has 0 aliphatic carbocycles. The molecule has 2 rings (SSSR count). The van der Waals surface area contributed by atoms with Gasteiger partial charge in [0.25, 0.3) is 10.0 Å². The van der Waals surface area contributed by atoms with E-state index >= 15 is 0 Å². The smallest absolute Gasteiger partial charge is 0.264 e. The average molecular weight is 292 g/mol. The molecular weight excluding hydrogens is 276 g/mol. The topological polar surface area (TPSA) is 72.6 Å². The summed E-state index contributed by atoms with van der Waals surface area (Å²) in [6.07, 6.45) is 0. The molecular formula is C14H16N2O3S. The molecule has 6 heteroatoms. The molecule has 0 radical (unpaired) electrons. The number of ether oxygens (including phenoxy) is 1. The number of rotatable bonds is 4. The van der Waals surface area contributed by atoms with Crippen molar-refractivity contribution in [3.8, 4) is 5.75 Å². The zero-order valence-corrected chi connectivity index (χ0v) is 12.1. The molecule has 2 aromatic carbocycles. The summed E-state index contributed by atoms with van der Waals surface area (Å²) in [5.41, 5.74) is 6.51. The molecule has 0 bridgehead atoms. The first-order valence-corrected chi connectivity index (χ1v) is 7.38. The molecule has 0 atom stereocenters. The Morgan fingerprint density at radius 3 is 2.45 bits per heavy atom. The maximum atomic E-state index is 12.6. The standard InChI is InChI=1S/C14H16N2O3S/c1-16(13-8-3-4-9-14(13)19-2)20(17,18)12-7-5-6-11(15)10-12/h3-10H,15H2,1-2H3. The van der Waals surface area contributed by atoms with Gasteiger partial charge in [-0.05, 0) is 30.3 Å². The number of nitrogen functional groups attached to an aromatic ring is 1. The van der Waals surface area contributed by atoms with Crippen LogP contribution in [-0.2, 0) is 10.0 Å². The largest absolute Gasteiger partial charge is 0.495 e. The molecule has 0 aromatic heterocycles. The Kier molecular flexibility index (Phi) is 3.85. The zero-order valence-electron chi connectivity index (χ0n) is 11.3. The van der Waals surface area contributed by atoms with E-state index in [4.69, 9.17) is 10.5 Å². The van der Waals surface area contributed by atoms with Crippen molar-refractivity contribution < 1.29 is 13.2 Å². The minimum atomic E-state index is -3.67. The predicted octanol–water partition coefficient (Wildman–Crippen LogP) is 2.10. The Bertz CT molecular complexity index is 714. The van der Waals surface area contributed by atoms with Gasteiger partial charge >= 0.3 is 0 Å². The van der Waals surface area contributed by atoms with Crippen LogP contribution in [0.1, 0.15) is 0 Å². The Balaban J connectivity index is 2.49. The third kappa shape index (κ3) is 2.55. The fourth-order valence-electron chi connectivity index (χ4n) is 1.85. The SMILES string of the molecule is COc1ccccc1N(C)S(=O)(=O)c1cccc(N)c1. The van der Waals surface area contributed by atoms with Gasteiger partial charge < -0.3 is 10.5 Å². The second-order valence-electron chi connectivity index (χ2n) is 4.22. The first-order valence-electron chi connectivity index (χ1n) is 5.94. The summed E-state index contributed by atoms with van der Waals surface area (Å²) in [6.45, 7) is 0. The Morgan fingerprint density at radius 2 is 1.80 bits per heavy atom. The van der Waals surface area contributed by atoms with Gasteiger partial charge in [0, 0.05) is 12.7 Å². The normalized spacial score (nSPS) is 11.1. The summed E-state index contributed by atoms with van der Waals surface area (Å²) in [7, 11) is -0.691. The van der Waals surface area contributed by atoms with Gasteiger partial charge in [-0.25, -0.2) is 8.42 Å². The van der Waals surface area contributed by atoms with Crippen molar-refractivity contribution in [2.24, 2.45) is 0 Å². The fraction of sp³-hybridized carbons (Fsp3) is 0.143. The number of nitrogens with two attached hydrogens (primary N) is 1. The summed E-state index contributed by atoms with van der Waals surface area (Å²) < 4.78 is 31.5. The molecule has 106 valence electrons. The van der Waals surface area contributed by atoms with Crippen molar-refractivity contribution in [1.29, 1.82) is 0 Å². The molecule has 0 saturated carbocycles. The minimum Gasteiger partial charge on any atom is -0.495 e. The van der Waals surface area contributed by atoms with Crippen LogP contribution >= 0.6 is 0 Å². The van der Waals surface area contributed by atoms with Gasteiger partial charge in [0.05, 0.1) is 17.7 Å². The number of hydrogen-bond acceptors (Lipinski definition) is 4. The third-order valence-corrected chi connectivity index (χ3v) is 4.71. The van der Waals surface area contributed by atoms with Crippen molar-refractivity contribution in [3.05, 3.63) is 48.5 Å². The lowest BCUT2D eigenvalue weighted by atomic mass is 10.3. The van der Waals surface area contributed by atoms with E-state index in [2.05, 4.69) is 0 Å². The maximum Gasteiger partial charge on any atom is 0.264 e. The van der Waals surface area contributed by atoms with Crippen LogP contribution in [0.4, 0.5) is 11.4 Å². The molecule has 0 saturated heterocycles. The van der Waals surface area contributed by atoms with Gasteiger partial charge in [0.2, 0.25) is 0 Å². The fourth-order valence-corrected chi connectivity index (χ4v) is 3.11. The monoisotopic (exact) mass is 292 g/mol. The number of methoxy groups -OCH3 is 1. The van der Waals surface area contributed by atoms with Crippen LogP contribution in [-0.4, -0.2) is 22.6 Å². The molecule has 0 aliphatic heterocycles. The summed E-state index contributed by atoms with van der Waals surface area (Å²) in [5, 5.41) is 0. The van der Waals surface area contributed by atoms with Crippen molar-refractivity contribution in [1.82, 2.24) is 0 Å². The first-order chi connectivity index (χ1) is 9.46. The van der Waals surface area contributed by atoms with Gasteiger partial charge in [-0.3, -0.25) is 4.31 Å². The van der Waals surface area contributed by atoms with Crippen LogP contribution in [0.2, 0.25) is 0 Å². The molecule has 0 heterocycles. The summed E-state index contributed by atoms with van der Waals surface area (Å²) in [6, 6.07) is 13.1. The Hall–Kier alpha value is -2.21. The number of nitrogens with zero attached hydrogens (tertiary/aromatic N) is 1. The van der Waals surface area contributed by atoms with Gasteiger partial charge in [-0.15, -0.1) is 0 Å². The number of benzene rings is 2. The van der Waals surface area contributed by atoms with Gasteiger partial charge in [-0.2, -0.15) is 0 Å². The highest BCUT2D eigenvalue weighted by Gasteiger charge is 2.23. The maximum absolute atomic E-state index is 12.6.